The molecule has 1 atom stereocenters. The maximum absolute atomic E-state index is 12.5. The lowest BCUT2D eigenvalue weighted by atomic mass is 10.0. The number of ketones is 1. The van der Waals surface area contributed by atoms with E-state index in [4.69, 9.17) is 14.2 Å². The van der Waals surface area contributed by atoms with Gasteiger partial charge in [-0.25, -0.2) is 0 Å². The molecule has 1 saturated carbocycles. The monoisotopic (exact) mass is 264 g/mol. The van der Waals surface area contributed by atoms with Gasteiger partial charge in [-0.15, -0.1) is 0 Å². The second-order valence-electron chi connectivity index (χ2n) is 4.68. The average molecular weight is 264 g/mol. The Hall–Kier alpha value is -1.55. The summed E-state index contributed by atoms with van der Waals surface area (Å²) in [5.74, 6) is 1.62. The van der Waals surface area contributed by atoms with Crippen LogP contribution in [0.3, 0.4) is 0 Å². The van der Waals surface area contributed by atoms with Crippen LogP contribution in [0.25, 0.3) is 0 Å². The maximum atomic E-state index is 12.5. The summed E-state index contributed by atoms with van der Waals surface area (Å²) in [5, 5.41) is 0. The summed E-state index contributed by atoms with van der Waals surface area (Å²) in [7, 11) is 3.15. The molecule has 4 nitrogen and oxygen atoms in total. The summed E-state index contributed by atoms with van der Waals surface area (Å²) in [4.78, 5) is 12.5. The molecule has 0 bridgehead atoms. The first-order valence-electron chi connectivity index (χ1n) is 6.58. The Morgan fingerprint density at radius 1 is 1.21 bits per heavy atom. The number of carbonyl (C=O) groups is 1. The zero-order valence-corrected chi connectivity index (χ0v) is 11.6. The number of methoxy groups -OCH3 is 2. The fourth-order valence-electron chi connectivity index (χ4n) is 2.12. The number of rotatable bonds is 7. The molecule has 104 valence electrons. The van der Waals surface area contributed by atoms with Crippen molar-refractivity contribution in [3.8, 4) is 11.5 Å². The predicted molar refractivity (Wildman–Crippen MR) is 72.0 cm³/mol. The lowest BCUT2D eigenvalue weighted by molar-refractivity contribution is 0.0374. The zero-order chi connectivity index (χ0) is 13.8. The highest BCUT2D eigenvalue weighted by Crippen LogP contribution is 2.36. The minimum atomic E-state index is -0.332. The topological polar surface area (TPSA) is 44.8 Å². The van der Waals surface area contributed by atoms with Gasteiger partial charge >= 0.3 is 0 Å². The largest absolute Gasteiger partial charge is 0.497 e. The summed E-state index contributed by atoms with van der Waals surface area (Å²) < 4.78 is 16.0. The maximum Gasteiger partial charge on any atom is 0.192 e. The highest BCUT2D eigenvalue weighted by Gasteiger charge is 2.37. The lowest BCUT2D eigenvalue weighted by Crippen LogP contribution is -2.26. The quantitative estimate of drug-likeness (QED) is 0.710. The zero-order valence-electron chi connectivity index (χ0n) is 11.6. The van der Waals surface area contributed by atoms with E-state index in [1.165, 1.54) is 0 Å². The van der Waals surface area contributed by atoms with Gasteiger partial charge in [-0.1, -0.05) is 0 Å². The Kier molecular flexibility index (Phi) is 4.43. The molecule has 4 heteroatoms. The normalized spacial score (nSPS) is 15.9. The molecule has 0 saturated heterocycles. The van der Waals surface area contributed by atoms with Crippen LogP contribution in [0, 0.1) is 5.92 Å². The summed E-state index contributed by atoms with van der Waals surface area (Å²) in [5.41, 5.74) is 0.585. The molecule has 0 aromatic heterocycles. The third-order valence-electron chi connectivity index (χ3n) is 3.29. The molecule has 0 aliphatic heterocycles. The summed E-state index contributed by atoms with van der Waals surface area (Å²) in [6.45, 7) is 2.46. The van der Waals surface area contributed by atoms with Gasteiger partial charge in [0.15, 0.2) is 5.78 Å². The fourth-order valence-corrected chi connectivity index (χ4v) is 2.12. The van der Waals surface area contributed by atoms with Crippen LogP contribution in [0.5, 0.6) is 11.5 Å². The second-order valence-corrected chi connectivity index (χ2v) is 4.68. The Balaban J connectivity index is 2.25. The smallest absolute Gasteiger partial charge is 0.192 e. The van der Waals surface area contributed by atoms with E-state index in [0.29, 0.717) is 29.6 Å². The van der Waals surface area contributed by atoms with Crippen LogP contribution >= 0.6 is 0 Å². The highest BCUT2D eigenvalue weighted by molar-refractivity contribution is 6.00. The number of carbonyl (C=O) groups excluding carboxylic acids is 1. The Bertz CT molecular complexity index is 429. The van der Waals surface area contributed by atoms with Gasteiger partial charge in [0.1, 0.15) is 17.6 Å². The highest BCUT2D eigenvalue weighted by atomic mass is 16.5. The van der Waals surface area contributed by atoms with Gasteiger partial charge in [-0.3, -0.25) is 4.79 Å². The fraction of sp³-hybridized carbons (Fsp3) is 0.533. The van der Waals surface area contributed by atoms with Crippen LogP contribution in [0.2, 0.25) is 0 Å². The van der Waals surface area contributed by atoms with Gasteiger partial charge in [-0.2, -0.15) is 0 Å². The molecule has 2 rings (SSSR count). The SMILES string of the molecule is CCOC(C(=O)c1cc(OC)cc(OC)c1)C1CC1. The van der Waals surface area contributed by atoms with Crippen molar-refractivity contribution in [2.24, 2.45) is 5.92 Å². The van der Waals surface area contributed by atoms with Crippen molar-refractivity contribution in [3.63, 3.8) is 0 Å². The molecule has 1 aliphatic rings. The molecule has 1 aromatic rings. The average Bonchev–Trinajstić information content (AvgIpc) is 3.27. The van der Waals surface area contributed by atoms with E-state index < -0.39 is 0 Å². The minimum absolute atomic E-state index is 0.0153. The molecule has 1 aliphatic carbocycles. The molecule has 0 N–H and O–H groups in total. The van der Waals surface area contributed by atoms with Gasteiger partial charge in [0.05, 0.1) is 14.2 Å². The number of ether oxygens (including phenoxy) is 3. The van der Waals surface area contributed by atoms with Crippen LogP contribution in [-0.2, 0) is 4.74 Å². The molecule has 19 heavy (non-hydrogen) atoms. The molecule has 0 heterocycles. The molecule has 0 amide bonds. The van der Waals surface area contributed by atoms with E-state index in [-0.39, 0.29) is 11.9 Å². The first-order chi connectivity index (χ1) is 9.19. The molecular weight excluding hydrogens is 244 g/mol. The van der Waals surface area contributed by atoms with Crippen molar-refractivity contribution in [1.29, 1.82) is 0 Å². The van der Waals surface area contributed by atoms with Crippen LogP contribution in [0.15, 0.2) is 18.2 Å². The summed E-state index contributed by atoms with van der Waals surface area (Å²) in [6.07, 6.45) is 1.80. The van der Waals surface area contributed by atoms with E-state index in [1.807, 2.05) is 6.92 Å². The first kappa shape index (κ1) is 13.9. The molecule has 0 spiro atoms. The van der Waals surface area contributed by atoms with Gasteiger partial charge in [0.2, 0.25) is 0 Å². The third-order valence-corrected chi connectivity index (χ3v) is 3.29. The van der Waals surface area contributed by atoms with Gasteiger partial charge < -0.3 is 14.2 Å². The van der Waals surface area contributed by atoms with Gasteiger partial charge in [0.25, 0.3) is 0 Å². The van der Waals surface area contributed by atoms with E-state index in [1.54, 1.807) is 32.4 Å². The Morgan fingerprint density at radius 2 is 1.79 bits per heavy atom. The third kappa shape index (κ3) is 3.26. The van der Waals surface area contributed by atoms with E-state index in [2.05, 4.69) is 0 Å². The van der Waals surface area contributed by atoms with Crippen LogP contribution in [0.4, 0.5) is 0 Å². The van der Waals surface area contributed by atoms with Crippen molar-refractivity contribution >= 4 is 5.78 Å². The molecular formula is C15H20O4. The predicted octanol–water partition coefficient (Wildman–Crippen LogP) is 2.70. The standard InChI is InChI=1S/C15H20O4/c1-4-19-15(10-5-6-10)14(16)11-7-12(17-2)9-13(8-11)18-3/h7-10,15H,4-6H2,1-3H3. The Morgan fingerprint density at radius 3 is 2.21 bits per heavy atom. The van der Waals surface area contributed by atoms with Crippen molar-refractivity contribution in [2.75, 3.05) is 20.8 Å². The van der Waals surface area contributed by atoms with E-state index in [0.717, 1.165) is 12.8 Å². The van der Waals surface area contributed by atoms with E-state index >= 15 is 0 Å². The van der Waals surface area contributed by atoms with Crippen molar-refractivity contribution in [2.45, 2.75) is 25.9 Å². The molecule has 1 fully saturated rings. The van der Waals surface area contributed by atoms with Crippen LogP contribution in [-0.4, -0.2) is 32.7 Å². The number of hydrogen-bond donors (Lipinski definition) is 0. The number of benzene rings is 1. The van der Waals surface area contributed by atoms with E-state index in [9.17, 15) is 4.79 Å². The molecule has 1 unspecified atom stereocenters. The van der Waals surface area contributed by atoms with Crippen molar-refractivity contribution < 1.29 is 19.0 Å². The first-order valence-corrected chi connectivity index (χ1v) is 6.58. The summed E-state index contributed by atoms with van der Waals surface area (Å²) in [6, 6.07) is 5.22. The molecule has 1 aromatic carbocycles. The van der Waals surface area contributed by atoms with Gasteiger partial charge in [-0.05, 0) is 37.8 Å². The second kappa shape index (κ2) is 6.06. The number of Topliss-reactive ketones (excluding diaryl/α,β-unsaturated/α-hetero) is 1. The van der Waals surface area contributed by atoms with Crippen LogP contribution in [0.1, 0.15) is 30.1 Å². The lowest BCUT2D eigenvalue weighted by Gasteiger charge is -2.16. The Labute approximate surface area is 113 Å². The van der Waals surface area contributed by atoms with Crippen LogP contribution < -0.4 is 9.47 Å². The summed E-state index contributed by atoms with van der Waals surface area (Å²) >= 11 is 0. The van der Waals surface area contributed by atoms with Crippen molar-refractivity contribution in [1.82, 2.24) is 0 Å². The minimum Gasteiger partial charge on any atom is -0.497 e. The molecule has 0 radical (unpaired) electrons. The van der Waals surface area contributed by atoms with Crippen molar-refractivity contribution in [3.05, 3.63) is 23.8 Å². The number of hydrogen-bond acceptors (Lipinski definition) is 4. The van der Waals surface area contributed by atoms with Gasteiger partial charge in [0, 0.05) is 18.2 Å².